The molecule has 0 rings (SSSR count). The Labute approximate surface area is 78.8 Å². The van der Waals surface area contributed by atoms with E-state index in [9.17, 15) is 18.4 Å². The zero-order valence-corrected chi connectivity index (χ0v) is 7.46. The molecular formula is C8H10F2O4. The molecule has 6 heteroatoms. The lowest BCUT2D eigenvalue weighted by molar-refractivity contribution is -0.176. The first kappa shape index (κ1) is 12.5. The van der Waals surface area contributed by atoms with Crippen LogP contribution in [0, 0.1) is 5.41 Å². The first-order valence-corrected chi connectivity index (χ1v) is 3.64. The number of halogens is 2. The van der Waals surface area contributed by atoms with Crippen LogP contribution in [-0.2, 0) is 9.59 Å². The van der Waals surface area contributed by atoms with E-state index in [1.165, 1.54) is 6.92 Å². The van der Waals surface area contributed by atoms with Crippen LogP contribution in [0.25, 0.3) is 0 Å². The van der Waals surface area contributed by atoms with Crippen molar-refractivity contribution in [3.8, 4) is 0 Å². The number of rotatable bonds is 5. The second-order valence-corrected chi connectivity index (χ2v) is 3.02. The first-order chi connectivity index (χ1) is 6.25. The molecule has 0 aliphatic heterocycles. The van der Waals surface area contributed by atoms with Gasteiger partial charge in [0.05, 0.1) is 0 Å². The van der Waals surface area contributed by atoms with Gasteiger partial charge in [0.2, 0.25) is 5.41 Å². The van der Waals surface area contributed by atoms with Gasteiger partial charge in [-0.2, -0.15) is 0 Å². The zero-order valence-electron chi connectivity index (χ0n) is 7.46. The SMILES string of the molecule is C=C(C)CC(C(=O)O)(C(=O)O)C(F)F. The Morgan fingerprint density at radius 1 is 1.36 bits per heavy atom. The molecule has 0 aliphatic rings. The number of hydrogen-bond acceptors (Lipinski definition) is 2. The van der Waals surface area contributed by atoms with Crippen LogP contribution in [0.1, 0.15) is 13.3 Å². The number of aliphatic carboxylic acids is 2. The van der Waals surface area contributed by atoms with E-state index in [1.54, 1.807) is 0 Å². The lowest BCUT2D eigenvalue weighted by Gasteiger charge is -2.23. The maximum Gasteiger partial charge on any atom is 0.327 e. The average molecular weight is 208 g/mol. The van der Waals surface area contributed by atoms with E-state index in [2.05, 4.69) is 6.58 Å². The molecule has 2 N–H and O–H groups in total. The van der Waals surface area contributed by atoms with Gasteiger partial charge in [-0.3, -0.25) is 9.59 Å². The third kappa shape index (κ3) is 2.07. The topological polar surface area (TPSA) is 74.6 Å². The lowest BCUT2D eigenvalue weighted by atomic mass is 9.82. The fraction of sp³-hybridized carbons (Fsp3) is 0.500. The summed E-state index contributed by atoms with van der Waals surface area (Å²) in [5, 5.41) is 17.0. The number of hydrogen-bond donors (Lipinski definition) is 2. The van der Waals surface area contributed by atoms with Crippen molar-refractivity contribution in [1.82, 2.24) is 0 Å². The molecule has 0 saturated carbocycles. The minimum Gasteiger partial charge on any atom is -0.480 e. The first-order valence-electron chi connectivity index (χ1n) is 3.64. The minimum atomic E-state index is -3.48. The normalized spacial score (nSPS) is 11.4. The van der Waals surface area contributed by atoms with Crippen LogP contribution < -0.4 is 0 Å². The molecule has 0 saturated heterocycles. The van der Waals surface area contributed by atoms with Crippen molar-refractivity contribution in [2.24, 2.45) is 5.41 Å². The van der Waals surface area contributed by atoms with Gasteiger partial charge in [0, 0.05) is 6.42 Å². The van der Waals surface area contributed by atoms with Crippen LogP contribution in [0.5, 0.6) is 0 Å². The molecule has 80 valence electrons. The fourth-order valence-electron chi connectivity index (χ4n) is 0.983. The van der Waals surface area contributed by atoms with Crippen molar-refractivity contribution < 1.29 is 28.6 Å². The summed E-state index contributed by atoms with van der Waals surface area (Å²) in [5.74, 6) is -4.11. The summed E-state index contributed by atoms with van der Waals surface area (Å²) in [4.78, 5) is 21.1. The van der Waals surface area contributed by atoms with Crippen LogP contribution in [0.4, 0.5) is 8.78 Å². The summed E-state index contributed by atoms with van der Waals surface area (Å²) < 4.78 is 24.8. The summed E-state index contributed by atoms with van der Waals surface area (Å²) in [6.45, 7) is 4.52. The molecule has 4 nitrogen and oxygen atoms in total. The highest BCUT2D eigenvalue weighted by molar-refractivity contribution is 5.99. The summed E-state index contributed by atoms with van der Waals surface area (Å²) >= 11 is 0. The largest absolute Gasteiger partial charge is 0.480 e. The van der Waals surface area contributed by atoms with Gasteiger partial charge in [-0.1, -0.05) is 5.57 Å². The van der Waals surface area contributed by atoms with Gasteiger partial charge in [-0.15, -0.1) is 6.58 Å². The molecular weight excluding hydrogens is 198 g/mol. The quantitative estimate of drug-likeness (QED) is 0.528. The molecule has 0 aromatic carbocycles. The van der Waals surface area contributed by atoms with Crippen molar-refractivity contribution in [1.29, 1.82) is 0 Å². The van der Waals surface area contributed by atoms with E-state index >= 15 is 0 Å². The van der Waals surface area contributed by atoms with Gasteiger partial charge < -0.3 is 10.2 Å². The van der Waals surface area contributed by atoms with Crippen molar-refractivity contribution in [3.05, 3.63) is 12.2 Å². The number of alkyl halides is 2. The number of carbonyl (C=O) groups is 2. The van der Waals surface area contributed by atoms with E-state index in [1.807, 2.05) is 0 Å². The van der Waals surface area contributed by atoms with Gasteiger partial charge in [0.1, 0.15) is 0 Å². The summed E-state index contributed by atoms with van der Waals surface area (Å²) in [7, 11) is 0. The van der Waals surface area contributed by atoms with E-state index in [-0.39, 0.29) is 5.57 Å². The van der Waals surface area contributed by atoms with E-state index < -0.39 is 30.2 Å². The molecule has 0 bridgehead atoms. The third-order valence-corrected chi connectivity index (χ3v) is 1.72. The number of carboxylic acid groups (broad SMARTS) is 2. The van der Waals surface area contributed by atoms with Crippen LogP contribution >= 0.6 is 0 Å². The van der Waals surface area contributed by atoms with Gasteiger partial charge in [-0.25, -0.2) is 8.78 Å². The monoisotopic (exact) mass is 208 g/mol. The Balaban J connectivity index is 5.27. The van der Waals surface area contributed by atoms with Crippen LogP contribution in [0.3, 0.4) is 0 Å². The molecule has 0 fully saturated rings. The van der Waals surface area contributed by atoms with Crippen molar-refractivity contribution >= 4 is 11.9 Å². The maximum absolute atomic E-state index is 12.4. The summed E-state index contributed by atoms with van der Waals surface area (Å²) in [6, 6.07) is 0. The second kappa shape index (κ2) is 4.17. The van der Waals surface area contributed by atoms with Crippen molar-refractivity contribution in [3.63, 3.8) is 0 Å². The molecule has 0 spiro atoms. The van der Waals surface area contributed by atoms with E-state index in [0.29, 0.717) is 0 Å². The second-order valence-electron chi connectivity index (χ2n) is 3.02. The highest BCUT2D eigenvalue weighted by Crippen LogP contribution is 2.33. The molecule has 0 atom stereocenters. The molecule has 0 amide bonds. The molecule has 0 aromatic rings. The van der Waals surface area contributed by atoms with Gasteiger partial charge in [-0.05, 0) is 6.92 Å². The van der Waals surface area contributed by atoms with Crippen LogP contribution in [0.2, 0.25) is 0 Å². The Hall–Kier alpha value is -1.46. The number of carboxylic acids is 2. The molecule has 0 aromatic heterocycles. The Morgan fingerprint density at radius 3 is 1.79 bits per heavy atom. The van der Waals surface area contributed by atoms with E-state index in [4.69, 9.17) is 10.2 Å². The molecule has 0 heterocycles. The highest BCUT2D eigenvalue weighted by atomic mass is 19.3. The predicted octanol–water partition coefficient (Wildman–Crippen LogP) is 1.37. The van der Waals surface area contributed by atoms with Crippen LogP contribution in [-0.4, -0.2) is 28.6 Å². The zero-order chi connectivity index (χ0) is 11.5. The standard InChI is InChI=1S/C8H10F2O4/c1-4(2)3-8(5(9)10,6(11)12)7(13)14/h5H,1,3H2,2H3,(H,11,12)(H,13,14). The van der Waals surface area contributed by atoms with Gasteiger partial charge in [0.25, 0.3) is 6.43 Å². The Kier molecular flexibility index (Phi) is 3.73. The molecule has 0 radical (unpaired) electrons. The number of allylic oxidation sites excluding steroid dienone is 1. The Morgan fingerprint density at radius 2 is 1.71 bits per heavy atom. The smallest absolute Gasteiger partial charge is 0.327 e. The van der Waals surface area contributed by atoms with Gasteiger partial charge >= 0.3 is 11.9 Å². The van der Waals surface area contributed by atoms with Crippen LogP contribution in [0.15, 0.2) is 12.2 Å². The maximum atomic E-state index is 12.4. The Bertz CT molecular complexity index is 259. The van der Waals surface area contributed by atoms with E-state index in [0.717, 1.165) is 0 Å². The van der Waals surface area contributed by atoms with Gasteiger partial charge in [0.15, 0.2) is 0 Å². The van der Waals surface area contributed by atoms with Crippen molar-refractivity contribution in [2.45, 2.75) is 19.8 Å². The fourth-order valence-corrected chi connectivity index (χ4v) is 0.983. The predicted molar refractivity (Wildman–Crippen MR) is 43.1 cm³/mol. The third-order valence-electron chi connectivity index (χ3n) is 1.72. The summed E-state index contributed by atoms with van der Waals surface area (Å²) in [5.41, 5.74) is -3.00. The lowest BCUT2D eigenvalue weighted by Crippen LogP contribution is -2.45. The average Bonchev–Trinajstić information content (AvgIpc) is 1.97. The minimum absolute atomic E-state index is 0.0788. The molecule has 0 unspecified atom stereocenters. The highest BCUT2D eigenvalue weighted by Gasteiger charge is 2.54. The molecule has 14 heavy (non-hydrogen) atoms. The van der Waals surface area contributed by atoms with Crippen molar-refractivity contribution in [2.75, 3.05) is 0 Å². The molecule has 0 aliphatic carbocycles. The summed E-state index contributed by atoms with van der Waals surface area (Å²) in [6.07, 6.45) is -4.26.